The van der Waals surface area contributed by atoms with Crippen LogP contribution in [-0.4, -0.2) is 4.98 Å². The minimum Gasteiger partial charge on any atom is -0.248 e. The van der Waals surface area contributed by atoms with E-state index in [0.717, 1.165) is 0 Å². The van der Waals surface area contributed by atoms with E-state index in [1.165, 1.54) is 18.3 Å². The van der Waals surface area contributed by atoms with Crippen LogP contribution in [-0.2, 0) is 0 Å². The molecule has 0 aliphatic heterocycles. The number of aromatic nitrogens is 1. The Bertz CT molecular complexity index is 249. The number of hydrogen-bond donors (Lipinski definition) is 0. The van der Waals surface area contributed by atoms with Crippen LogP contribution in [0.15, 0.2) is 18.3 Å². The molecule has 1 rings (SSSR count). The average Bonchev–Trinajstić information content (AvgIpc) is 1.88. The van der Waals surface area contributed by atoms with Crippen molar-refractivity contribution in [2.24, 2.45) is 0 Å². The molecule has 0 saturated heterocycles. The van der Waals surface area contributed by atoms with Gasteiger partial charge in [0.1, 0.15) is 11.5 Å². The summed E-state index contributed by atoms with van der Waals surface area (Å²) >= 11 is 0. The fourth-order valence-electron chi connectivity index (χ4n) is 0.484. The second-order valence-electron chi connectivity index (χ2n) is 1.50. The number of terminal acetylenes is 1. The summed E-state index contributed by atoms with van der Waals surface area (Å²) in [6.07, 6.45) is 6.28. The van der Waals surface area contributed by atoms with Crippen LogP contribution in [0.4, 0.5) is 4.39 Å². The van der Waals surface area contributed by atoms with Crippen molar-refractivity contribution in [3.05, 3.63) is 29.8 Å². The molecule has 0 unspecified atom stereocenters. The van der Waals surface area contributed by atoms with Crippen molar-refractivity contribution in [2.45, 2.75) is 0 Å². The molecular formula is C7H4FN. The topological polar surface area (TPSA) is 12.9 Å². The molecule has 1 aromatic heterocycles. The lowest BCUT2D eigenvalue weighted by atomic mass is 10.3. The van der Waals surface area contributed by atoms with Crippen molar-refractivity contribution in [2.75, 3.05) is 0 Å². The number of hydrogen-bond acceptors (Lipinski definition) is 1. The van der Waals surface area contributed by atoms with Crippen LogP contribution in [0.2, 0.25) is 0 Å². The van der Waals surface area contributed by atoms with E-state index in [1.54, 1.807) is 0 Å². The Morgan fingerprint density at radius 2 is 2.44 bits per heavy atom. The molecule has 0 aliphatic carbocycles. The second kappa shape index (κ2) is 2.27. The predicted molar refractivity (Wildman–Crippen MR) is 32.1 cm³/mol. The minimum absolute atomic E-state index is 0.329. The molecule has 1 aromatic rings. The summed E-state index contributed by atoms with van der Waals surface area (Å²) in [6.45, 7) is 0. The molecule has 0 aromatic carbocycles. The smallest absolute Gasteiger partial charge is 0.127 e. The summed E-state index contributed by atoms with van der Waals surface area (Å²) in [5.41, 5.74) is 0.329. The van der Waals surface area contributed by atoms with Crippen molar-refractivity contribution in [1.82, 2.24) is 4.98 Å². The van der Waals surface area contributed by atoms with Gasteiger partial charge in [-0.25, -0.2) is 9.37 Å². The van der Waals surface area contributed by atoms with E-state index >= 15 is 0 Å². The highest BCUT2D eigenvalue weighted by molar-refractivity contribution is 5.23. The average molecular weight is 121 g/mol. The van der Waals surface area contributed by atoms with Gasteiger partial charge in [-0.15, -0.1) is 6.42 Å². The van der Waals surface area contributed by atoms with E-state index in [0.29, 0.717) is 5.69 Å². The van der Waals surface area contributed by atoms with Crippen molar-refractivity contribution in [3.63, 3.8) is 0 Å². The molecule has 0 saturated carbocycles. The quantitative estimate of drug-likeness (QED) is 0.470. The summed E-state index contributed by atoms with van der Waals surface area (Å²) in [7, 11) is 0. The number of pyridine rings is 1. The van der Waals surface area contributed by atoms with Gasteiger partial charge in [-0.05, 0) is 6.07 Å². The first-order chi connectivity index (χ1) is 4.33. The number of rotatable bonds is 0. The van der Waals surface area contributed by atoms with Gasteiger partial charge in [-0.2, -0.15) is 0 Å². The van der Waals surface area contributed by atoms with Crippen molar-refractivity contribution < 1.29 is 4.39 Å². The highest BCUT2D eigenvalue weighted by Crippen LogP contribution is 1.96. The van der Waals surface area contributed by atoms with Crippen LogP contribution in [0.3, 0.4) is 0 Å². The largest absolute Gasteiger partial charge is 0.248 e. The van der Waals surface area contributed by atoms with E-state index in [4.69, 9.17) is 6.42 Å². The molecule has 1 heterocycles. The lowest BCUT2D eigenvalue weighted by Crippen LogP contribution is -1.81. The molecule has 0 fully saturated rings. The molecule has 2 heteroatoms. The molecule has 0 bridgehead atoms. The predicted octanol–water partition coefficient (Wildman–Crippen LogP) is 1.20. The Balaban J connectivity index is 3.12. The van der Waals surface area contributed by atoms with Gasteiger partial charge in [-0.3, -0.25) is 0 Å². The van der Waals surface area contributed by atoms with Crippen molar-refractivity contribution >= 4 is 0 Å². The van der Waals surface area contributed by atoms with E-state index in [2.05, 4.69) is 10.9 Å². The Labute approximate surface area is 52.5 Å². The molecule has 1 nitrogen and oxygen atoms in total. The first-order valence-corrected chi connectivity index (χ1v) is 2.41. The maximum Gasteiger partial charge on any atom is 0.127 e. The summed E-state index contributed by atoms with van der Waals surface area (Å²) in [6, 6.07) is 2.46. The normalized spacial score (nSPS) is 8.44. The van der Waals surface area contributed by atoms with Gasteiger partial charge in [0.15, 0.2) is 0 Å². The van der Waals surface area contributed by atoms with E-state index in [-0.39, 0.29) is 5.82 Å². The second-order valence-corrected chi connectivity index (χ2v) is 1.50. The van der Waals surface area contributed by atoms with Gasteiger partial charge in [0.25, 0.3) is 0 Å². The van der Waals surface area contributed by atoms with Crippen LogP contribution in [0, 0.1) is 18.2 Å². The number of nitrogens with zero attached hydrogens (tertiary/aromatic N) is 1. The molecule has 0 N–H and O–H groups in total. The molecule has 0 amide bonds. The van der Waals surface area contributed by atoms with E-state index in [1.807, 2.05) is 0 Å². The minimum atomic E-state index is -0.349. The lowest BCUT2D eigenvalue weighted by molar-refractivity contribution is 0.625. The SMILES string of the molecule is C#Cc1cc(F)ccn1. The lowest BCUT2D eigenvalue weighted by Gasteiger charge is -1.86. The van der Waals surface area contributed by atoms with Crippen LogP contribution in [0.1, 0.15) is 5.69 Å². The van der Waals surface area contributed by atoms with E-state index in [9.17, 15) is 4.39 Å². The zero-order valence-corrected chi connectivity index (χ0v) is 4.63. The van der Waals surface area contributed by atoms with Gasteiger partial charge < -0.3 is 0 Å². The Morgan fingerprint density at radius 3 is 2.89 bits per heavy atom. The van der Waals surface area contributed by atoms with Crippen LogP contribution in [0.25, 0.3) is 0 Å². The van der Waals surface area contributed by atoms with Crippen LogP contribution >= 0.6 is 0 Å². The zero-order chi connectivity index (χ0) is 6.69. The Morgan fingerprint density at radius 1 is 1.67 bits per heavy atom. The van der Waals surface area contributed by atoms with Gasteiger partial charge in [0.05, 0.1) is 0 Å². The first kappa shape index (κ1) is 5.77. The molecule has 9 heavy (non-hydrogen) atoms. The first-order valence-electron chi connectivity index (χ1n) is 2.41. The van der Waals surface area contributed by atoms with Gasteiger partial charge in [0, 0.05) is 12.3 Å². The monoisotopic (exact) mass is 121 g/mol. The third-order valence-corrected chi connectivity index (χ3v) is 0.870. The van der Waals surface area contributed by atoms with Crippen molar-refractivity contribution in [1.29, 1.82) is 0 Å². The summed E-state index contributed by atoms with van der Waals surface area (Å²) in [5.74, 6) is 1.87. The maximum absolute atomic E-state index is 12.2. The molecule has 0 radical (unpaired) electrons. The van der Waals surface area contributed by atoms with Crippen LogP contribution < -0.4 is 0 Å². The number of halogens is 1. The van der Waals surface area contributed by atoms with Gasteiger partial charge >= 0.3 is 0 Å². The molecule has 0 aliphatic rings. The zero-order valence-electron chi connectivity index (χ0n) is 4.63. The highest BCUT2D eigenvalue weighted by Gasteiger charge is 1.88. The summed E-state index contributed by atoms with van der Waals surface area (Å²) in [4.78, 5) is 3.68. The van der Waals surface area contributed by atoms with Crippen LogP contribution in [0.5, 0.6) is 0 Å². The standard InChI is InChI=1S/C7H4FN/c1-2-7-5-6(8)3-4-9-7/h1,3-5H. The fraction of sp³-hybridized carbons (Fsp3) is 0. The summed E-state index contributed by atoms with van der Waals surface area (Å²) < 4.78 is 12.2. The Kier molecular flexibility index (Phi) is 1.46. The third kappa shape index (κ3) is 1.26. The summed E-state index contributed by atoms with van der Waals surface area (Å²) in [5, 5.41) is 0. The van der Waals surface area contributed by atoms with E-state index < -0.39 is 0 Å². The van der Waals surface area contributed by atoms with Crippen molar-refractivity contribution in [3.8, 4) is 12.3 Å². The highest BCUT2D eigenvalue weighted by atomic mass is 19.1. The Hall–Kier alpha value is -1.36. The maximum atomic E-state index is 12.2. The van der Waals surface area contributed by atoms with Gasteiger partial charge in [-0.1, -0.05) is 5.92 Å². The molecule has 0 spiro atoms. The molecule has 44 valence electrons. The fourth-order valence-corrected chi connectivity index (χ4v) is 0.484. The molecular weight excluding hydrogens is 117 g/mol. The third-order valence-electron chi connectivity index (χ3n) is 0.870. The van der Waals surface area contributed by atoms with Gasteiger partial charge in [0.2, 0.25) is 0 Å². The molecule has 0 atom stereocenters.